The molecule has 10 aromatic carbocycles. The van der Waals surface area contributed by atoms with Gasteiger partial charge in [0.25, 0.3) is 0 Å². The molecule has 2 aliphatic rings. The van der Waals surface area contributed by atoms with E-state index in [9.17, 15) is 0 Å². The molecule has 1 spiro atoms. The first-order valence-electron chi connectivity index (χ1n) is 20.6. The molecule has 0 N–H and O–H groups in total. The van der Waals surface area contributed by atoms with Crippen molar-refractivity contribution >= 4 is 60.5 Å². The Morgan fingerprint density at radius 1 is 0.333 bits per heavy atom. The van der Waals surface area contributed by atoms with Crippen molar-refractivity contribution in [3.63, 3.8) is 0 Å². The zero-order valence-electron chi connectivity index (χ0n) is 32.5. The summed E-state index contributed by atoms with van der Waals surface area (Å²) in [5.74, 6) is 1.76. The fraction of sp³-hybridized carbons (Fsp3) is 0.0175. The number of anilines is 3. The van der Waals surface area contributed by atoms with Crippen LogP contribution in [0, 0.1) is 0 Å². The number of ether oxygens (including phenoxy) is 1. The Bertz CT molecular complexity index is 3500. The normalized spacial score (nSPS) is 13.3. The second-order valence-corrected chi connectivity index (χ2v) is 15.9. The Balaban J connectivity index is 1.17. The van der Waals surface area contributed by atoms with E-state index in [1.54, 1.807) is 0 Å². The summed E-state index contributed by atoms with van der Waals surface area (Å²) in [6.07, 6.45) is 0. The lowest BCUT2D eigenvalue weighted by molar-refractivity contribution is 0.436. The van der Waals surface area contributed by atoms with Crippen molar-refractivity contribution in [1.29, 1.82) is 0 Å². The van der Waals surface area contributed by atoms with E-state index < -0.39 is 5.41 Å². The predicted molar refractivity (Wildman–Crippen MR) is 246 cm³/mol. The SMILES string of the molecule is c1ccc(-c2ccc(N(c3cccc4c3-c3ccccc3C43c4ccccc4Oc4ccccc43)c3cccc4c3oc3c5ccccc5ccc43)c3ccccc23)cc1. The summed E-state index contributed by atoms with van der Waals surface area (Å²) in [4.78, 5) is 2.47. The molecule has 3 nitrogen and oxygen atoms in total. The first-order chi connectivity index (χ1) is 29.8. The van der Waals surface area contributed by atoms with Gasteiger partial charge in [0.1, 0.15) is 17.1 Å². The third-order valence-electron chi connectivity index (χ3n) is 12.9. The maximum absolute atomic E-state index is 7.16. The molecule has 0 saturated heterocycles. The van der Waals surface area contributed by atoms with Crippen molar-refractivity contribution in [1.82, 2.24) is 0 Å². The molecule has 11 aromatic rings. The zero-order valence-corrected chi connectivity index (χ0v) is 32.5. The Hall–Kier alpha value is -7.88. The third-order valence-corrected chi connectivity index (χ3v) is 12.9. The van der Waals surface area contributed by atoms with Crippen molar-refractivity contribution < 1.29 is 9.15 Å². The van der Waals surface area contributed by atoms with E-state index in [0.717, 1.165) is 77.8 Å². The van der Waals surface area contributed by atoms with Gasteiger partial charge in [-0.1, -0.05) is 176 Å². The Morgan fingerprint density at radius 2 is 0.933 bits per heavy atom. The Kier molecular flexibility index (Phi) is 6.93. The molecule has 13 rings (SSSR count). The average Bonchev–Trinajstić information content (AvgIpc) is 3.85. The van der Waals surface area contributed by atoms with Crippen molar-refractivity contribution in [2.75, 3.05) is 4.90 Å². The quantitative estimate of drug-likeness (QED) is 0.178. The van der Waals surface area contributed by atoms with Gasteiger partial charge in [-0.15, -0.1) is 0 Å². The number of hydrogen-bond donors (Lipinski definition) is 0. The lowest BCUT2D eigenvalue weighted by Crippen LogP contribution is -2.32. The molecule has 1 aliphatic heterocycles. The van der Waals surface area contributed by atoms with E-state index in [-0.39, 0.29) is 0 Å². The van der Waals surface area contributed by atoms with Gasteiger partial charge in [-0.2, -0.15) is 0 Å². The molecule has 0 radical (unpaired) electrons. The van der Waals surface area contributed by atoms with Gasteiger partial charge < -0.3 is 14.1 Å². The van der Waals surface area contributed by atoms with Crippen LogP contribution >= 0.6 is 0 Å². The molecule has 60 heavy (non-hydrogen) atoms. The minimum absolute atomic E-state index is 0.609. The van der Waals surface area contributed by atoms with Crippen LogP contribution in [0.2, 0.25) is 0 Å². The molecule has 0 saturated carbocycles. The van der Waals surface area contributed by atoms with Gasteiger partial charge >= 0.3 is 0 Å². The van der Waals surface area contributed by atoms with Gasteiger partial charge in [0, 0.05) is 38.2 Å². The molecule has 0 unspecified atom stereocenters. The van der Waals surface area contributed by atoms with Crippen molar-refractivity contribution in [3.05, 3.63) is 235 Å². The van der Waals surface area contributed by atoms with Crippen LogP contribution in [0.1, 0.15) is 22.3 Å². The van der Waals surface area contributed by atoms with Crippen LogP contribution in [0.3, 0.4) is 0 Å². The average molecular weight is 766 g/mol. The highest BCUT2D eigenvalue weighted by Gasteiger charge is 2.52. The summed E-state index contributed by atoms with van der Waals surface area (Å²) in [6, 6.07) is 76.6. The van der Waals surface area contributed by atoms with E-state index >= 15 is 0 Å². The number of rotatable bonds is 4. The van der Waals surface area contributed by atoms with Crippen molar-refractivity contribution in [2.24, 2.45) is 0 Å². The summed E-state index contributed by atoms with van der Waals surface area (Å²) in [6.45, 7) is 0. The van der Waals surface area contributed by atoms with Crippen LogP contribution in [-0.2, 0) is 5.41 Å². The fourth-order valence-electron chi connectivity index (χ4n) is 10.5. The van der Waals surface area contributed by atoms with Gasteiger partial charge in [0.15, 0.2) is 5.58 Å². The highest BCUT2D eigenvalue weighted by atomic mass is 16.5. The standard InChI is InChI=1S/C57H35NO2/c1-2-16-36(17-3-1)38-34-35-49(41-21-7-6-20-40(38)41)58(51-29-14-23-42-43-33-32-37-18-4-5-19-39(37)55(43)60-56(42)51)50-28-15-27-48-54(50)44-22-8-9-24-45(44)57(48)46-25-10-12-30-52(46)59-53-31-13-11-26-47(53)57/h1-35H. The molecule has 0 amide bonds. The molecular weight excluding hydrogens is 731 g/mol. The monoisotopic (exact) mass is 765 g/mol. The number of furan rings is 1. The first kappa shape index (κ1) is 33.1. The molecule has 0 fully saturated rings. The maximum Gasteiger partial charge on any atom is 0.159 e. The van der Waals surface area contributed by atoms with E-state index in [4.69, 9.17) is 9.15 Å². The molecule has 1 aliphatic carbocycles. The van der Waals surface area contributed by atoms with Gasteiger partial charge in [-0.25, -0.2) is 0 Å². The van der Waals surface area contributed by atoms with Gasteiger partial charge in [-0.3, -0.25) is 0 Å². The van der Waals surface area contributed by atoms with E-state index in [1.807, 2.05) is 0 Å². The van der Waals surface area contributed by atoms with E-state index in [0.29, 0.717) is 0 Å². The Morgan fingerprint density at radius 3 is 1.75 bits per heavy atom. The molecular formula is C57H35NO2. The smallest absolute Gasteiger partial charge is 0.159 e. The molecule has 3 heteroatoms. The summed E-state index contributed by atoms with van der Waals surface area (Å²) in [5, 5.41) is 6.79. The molecule has 0 atom stereocenters. The van der Waals surface area contributed by atoms with Gasteiger partial charge in [-0.05, 0) is 75.0 Å². The molecule has 0 bridgehead atoms. The number of fused-ring (bicyclic) bond motifs is 15. The number of para-hydroxylation sites is 3. The van der Waals surface area contributed by atoms with E-state index in [2.05, 4.69) is 217 Å². The van der Waals surface area contributed by atoms with Gasteiger partial charge in [0.2, 0.25) is 0 Å². The topological polar surface area (TPSA) is 25.6 Å². The summed E-state index contributed by atoms with van der Waals surface area (Å²) in [5.41, 5.74) is 13.8. The van der Waals surface area contributed by atoms with Crippen LogP contribution in [0.4, 0.5) is 17.1 Å². The number of nitrogens with zero attached hydrogens (tertiary/aromatic N) is 1. The van der Waals surface area contributed by atoms with Crippen LogP contribution in [0.5, 0.6) is 11.5 Å². The first-order valence-corrected chi connectivity index (χ1v) is 20.6. The molecule has 1 aromatic heterocycles. The second kappa shape index (κ2) is 12.6. The van der Waals surface area contributed by atoms with Crippen LogP contribution < -0.4 is 9.64 Å². The number of benzene rings is 10. The van der Waals surface area contributed by atoms with Crippen LogP contribution in [-0.4, -0.2) is 0 Å². The largest absolute Gasteiger partial charge is 0.457 e. The minimum Gasteiger partial charge on any atom is -0.457 e. The summed E-state index contributed by atoms with van der Waals surface area (Å²) in [7, 11) is 0. The lowest BCUT2D eigenvalue weighted by Gasteiger charge is -2.39. The number of hydrogen-bond acceptors (Lipinski definition) is 3. The maximum atomic E-state index is 7.16. The van der Waals surface area contributed by atoms with Crippen molar-refractivity contribution in [3.8, 4) is 33.8 Å². The molecule has 2 heterocycles. The van der Waals surface area contributed by atoms with Crippen LogP contribution in [0.25, 0.3) is 65.7 Å². The third kappa shape index (κ3) is 4.44. The molecule has 280 valence electrons. The highest BCUT2D eigenvalue weighted by molar-refractivity contribution is 6.19. The zero-order chi connectivity index (χ0) is 39.4. The highest BCUT2D eigenvalue weighted by Crippen LogP contribution is 2.64. The van der Waals surface area contributed by atoms with Crippen LogP contribution in [0.15, 0.2) is 217 Å². The fourth-order valence-corrected chi connectivity index (χ4v) is 10.5. The summed E-state index contributed by atoms with van der Waals surface area (Å²) >= 11 is 0. The predicted octanol–water partition coefficient (Wildman–Crippen LogP) is 15.5. The van der Waals surface area contributed by atoms with E-state index in [1.165, 1.54) is 38.8 Å². The van der Waals surface area contributed by atoms with Gasteiger partial charge in [0.05, 0.1) is 22.5 Å². The second-order valence-electron chi connectivity index (χ2n) is 15.9. The lowest BCUT2D eigenvalue weighted by atomic mass is 9.66. The summed E-state index contributed by atoms with van der Waals surface area (Å²) < 4.78 is 13.9. The van der Waals surface area contributed by atoms with Crippen molar-refractivity contribution in [2.45, 2.75) is 5.41 Å². The minimum atomic E-state index is -0.609. The Labute approximate surface area is 347 Å².